The average molecular weight is 310 g/mol. The molecule has 0 bridgehead atoms. The molecule has 0 amide bonds. The van der Waals surface area contributed by atoms with Gasteiger partial charge in [-0.1, -0.05) is 19.9 Å². The van der Waals surface area contributed by atoms with Crippen molar-refractivity contribution in [1.82, 2.24) is 9.97 Å². The molecule has 1 heterocycles. The number of carbonyl (C=O) groups is 1. The number of nitrogens with one attached hydrogen (secondary N) is 1. The van der Waals surface area contributed by atoms with Crippen LogP contribution in [0.25, 0.3) is 0 Å². The first-order valence-corrected chi connectivity index (χ1v) is 7.79. The highest BCUT2D eigenvalue weighted by atomic mass is 16.1. The van der Waals surface area contributed by atoms with E-state index in [1.165, 1.54) is 11.1 Å². The largest absolute Gasteiger partial charge is 0.383 e. The summed E-state index contributed by atoms with van der Waals surface area (Å²) in [5.41, 5.74) is 10.5. The first kappa shape index (κ1) is 15.5. The zero-order valence-corrected chi connectivity index (χ0v) is 14.0. The molecule has 1 aromatic carbocycles. The van der Waals surface area contributed by atoms with Gasteiger partial charge in [0.15, 0.2) is 5.78 Å². The Bertz CT molecular complexity index is 796. The number of aryl methyl sites for hydroxylation is 2. The summed E-state index contributed by atoms with van der Waals surface area (Å²) in [6.45, 7) is 8.27. The summed E-state index contributed by atoms with van der Waals surface area (Å²) in [4.78, 5) is 21.1. The molecule has 2 aromatic rings. The second kappa shape index (κ2) is 5.33. The lowest BCUT2D eigenvalue weighted by atomic mass is 9.76. The quantitative estimate of drug-likeness (QED) is 0.886. The van der Waals surface area contributed by atoms with Crippen LogP contribution >= 0.6 is 0 Å². The van der Waals surface area contributed by atoms with Crippen LogP contribution in [0.1, 0.15) is 47.4 Å². The number of nitrogens with two attached hydrogens (primary N) is 1. The van der Waals surface area contributed by atoms with Crippen LogP contribution in [0.15, 0.2) is 18.2 Å². The minimum Gasteiger partial charge on any atom is -0.383 e. The Morgan fingerprint density at radius 1 is 1.13 bits per heavy atom. The van der Waals surface area contributed by atoms with Gasteiger partial charge in [-0.15, -0.1) is 0 Å². The number of nitrogen functional groups attached to an aromatic ring is 1. The van der Waals surface area contributed by atoms with E-state index in [9.17, 15) is 4.79 Å². The van der Waals surface area contributed by atoms with Crippen LogP contribution in [0.4, 0.5) is 17.5 Å². The molecule has 3 rings (SSSR count). The monoisotopic (exact) mass is 310 g/mol. The molecule has 0 atom stereocenters. The molecule has 0 aliphatic heterocycles. The van der Waals surface area contributed by atoms with E-state index in [1.807, 2.05) is 18.2 Å². The lowest BCUT2D eigenvalue weighted by Gasteiger charge is -2.29. The van der Waals surface area contributed by atoms with Crippen molar-refractivity contribution in [3.05, 3.63) is 40.6 Å². The van der Waals surface area contributed by atoms with Crippen LogP contribution in [-0.2, 0) is 6.42 Å². The molecule has 1 aromatic heterocycles. The highest BCUT2D eigenvalue weighted by Gasteiger charge is 2.34. The fourth-order valence-corrected chi connectivity index (χ4v) is 3.00. The highest BCUT2D eigenvalue weighted by molar-refractivity contribution is 6.02. The third kappa shape index (κ3) is 3.04. The number of aromatic nitrogens is 2. The standard InChI is InChI=1S/C18H22N4O/c1-10-5-6-12(7-11(10)2)20-17-21-13-8-18(3,4)9-14(23)15(13)16(19)22-17/h5-7H,8-9H2,1-4H3,(H3,19,20,21,22). The molecule has 5 heteroatoms. The molecular weight excluding hydrogens is 288 g/mol. The number of carbonyl (C=O) groups excluding carboxylic acids is 1. The highest BCUT2D eigenvalue weighted by Crippen LogP contribution is 2.36. The van der Waals surface area contributed by atoms with E-state index < -0.39 is 0 Å². The molecular formula is C18H22N4O. The van der Waals surface area contributed by atoms with Gasteiger partial charge in [-0.25, -0.2) is 4.98 Å². The molecule has 0 saturated heterocycles. The molecule has 5 nitrogen and oxygen atoms in total. The van der Waals surface area contributed by atoms with E-state index >= 15 is 0 Å². The summed E-state index contributed by atoms with van der Waals surface area (Å²) >= 11 is 0. The summed E-state index contributed by atoms with van der Waals surface area (Å²) < 4.78 is 0. The maximum absolute atomic E-state index is 12.3. The maximum Gasteiger partial charge on any atom is 0.229 e. The lowest BCUT2D eigenvalue weighted by Crippen LogP contribution is -2.29. The van der Waals surface area contributed by atoms with Crippen LogP contribution in [0.2, 0.25) is 0 Å². The Balaban J connectivity index is 1.97. The number of fused-ring (bicyclic) bond motifs is 1. The SMILES string of the molecule is Cc1ccc(Nc2nc(N)c3c(n2)CC(C)(C)CC3=O)cc1C. The van der Waals surface area contributed by atoms with Crippen molar-refractivity contribution >= 4 is 23.2 Å². The van der Waals surface area contributed by atoms with Gasteiger partial charge >= 0.3 is 0 Å². The van der Waals surface area contributed by atoms with Crippen LogP contribution < -0.4 is 11.1 Å². The first-order valence-electron chi connectivity index (χ1n) is 7.79. The van der Waals surface area contributed by atoms with Gasteiger partial charge in [0.1, 0.15) is 5.82 Å². The number of ketones is 1. The van der Waals surface area contributed by atoms with E-state index in [0.29, 0.717) is 17.9 Å². The third-order valence-corrected chi connectivity index (χ3v) is 4.34. The lowest BCUT2D eigenvalue weighted by molar-refractivity contribution is 0.0911. The van der Waals surface area contributed by atoms with Gasteiger partial charge in [-0.05, 0) is 48.9 Å². The first-order chi connectivity index (χ1) is 10.7. The topological polar surface area (TPSA) is 80.9 Å². The molecule has 3 N–H and O–H groups in total. The third-order valence-electron chi connectivity index (χ3n) is 4.34. The van der Waals surface area contributed by atoms with Crippen LogP contribution in [0.3, 0.4) is 0 Å². The van der Waals surface area contributed by atoms with Crippen LogP contribution in [0.5, 0.6) is 0 Å². The Labute approximate surface area is 136 Å². The molecule has 0 fully saturated rings. The fourth-order valence-electron chi connectivity index (χ4n) is 3.00. The summed E-state index contributed by atoms with van der Waals surface area (Å²) in [5.74, 6) is 0.739. The van der Waals surface area contributed by atoms with Gasteiger partial charge in [0.2, 0.25) is 5.95 Å². The molecule has 1 aliphatic rings. The van der Waals surface area contributed by atoms with E-state index in [1.54, 1.807) is 0 Å². The number of nitrogens with zero attached hydrogens (tertiary/aromatic N) is 2. The number of rotatable bonds is 2. The van der Waals surface area contributed by atoms with Gasteiger partial charge in [0.25, 0.3) is 0 Å². The predicted molar refractivity (Wildman–Crippen MR) is 92.1 cm³/mol. The maximum atomic E-state index is 12.3. The number of Topliss-reactive ketones (excluding diaryl/α,β-unsaturated/α-hetero) is 1. The Morgan fingerprint density at radius 3 is 2.57 bits per heavy atom. The van der Waals surface area contributed by atoms with Crippen LogP contribution in [-0.4, -0.2) is 15.8 Å². The smallest absolute Gasteiger partial charge is 0.229 e. The van der Waals surface area contributed by atoms with Crippen molar-refractivity contribution in [3.8, 4) is 0 Å². The molecule has 1 aliphatic carbocycles. The number of benzene rings is 1. The molecule has 0 radical (unpaired) electrons. The number of hydrogen-bond acceptors (Lipinski definition) is 5. The Kier molecular flexibility index (Phi) is 3.59. The normalized spacial score (nSPS) is 16.1. The van der Waals surface area contributed by atoms with Gasteiger partial charge in [0, 0.05) is 12.1 Å². The van der Waals surface area contributed by atoms with Crippen molar-refractivity contribution in [3.63, 3.8) is 0 Å². The van der Waals surface area contributed by atoms with E-state index in [-0.39, 0.29) is 17.0 Å². The summed E-state index contributed by atoms with van der Waals surface area (Å²) in [6, 6.07) is 6.08. The number of hydrogen-bond donors (Lipinski definition) is 2. The number of anilines is 3. The minimum atomic E-state index is -0.0946. The van der Waals surface area contributed by atoms with Gasteiger partial charge in [0.05, 0.1) is 11.3 Å². The summed E-state index contributed by atoms with van der Waals surface area (Å²) in [5, 5.41) is 3.19. The van der Waals surface area contributed by atoms with Crippen molar-refractivity contribution in [2.45, 2.75) is 40.5 Å². The zero-order valence-electron chi connectivity index (χ0n) is 14.0. The van der Waals surface area contributed by atoms with Crippen molar-refractivity contribution in [1.29, 1.82) is 0 Å². The molecule has 0 unspecified atom stereocenters. The summed E-state index contributed by atoms with van der Waals surface area (Å²) in [6.07, 6.45) is 1.21. The van der Waals surface area contributed by atoms with Crippen molar-refractivity contribution < 1.29 is 4.79 Å². The van der Waals surface area contributed by atoms with Gasteiger partial charge in [-0.2, -0.15) is 4.98 Å². The predicted octanol–water partition coefficient (Wildman–Crippen LogP) is 3.57. The van der Waals surface area contributed by atoms with Crippen molar-refractivity contribution in [2.75, 3.05) is 11.1 Å². The molecule has 120 valence electrons. The fraction of sp³-hybridized carbons (Fsp3) is 0.389. The molecule has 0 saturated carbocycles. The Morgan fingerprint density at radius 2 is 1.87 bits per heavy atom. The Hall–Kier alpha value is -2.43. The molecule has 0 spiro atoms. The van der Waals surface area contributed by atoms with Crippen LogP contribution in [0, 0.1) is 19.3 Å². The van der Waals surface area contributed by atoms with Gasteiger partial charge in [-0.3, -0.25) is 4.79 Å². The van der Waals surface area contributed by atoms with Gasteiger partial charge < -0.3 is 11.1 Å². The summed E-state index contributed by atoms with van der Waals surface area (Å²) in [7, 11) is 0. The minimum absolute atomic E-state index is 0.0338. The second-order valence-electron chi connectivity index (χ2n) is 7.12. The molecule has 23 heavy (non-hydrogen) atoms. The van der Waals surface area contributed by atoms with E-state index in [2.05, 4.69) is 43.0 Å². The zero-order chi connectivity index (χ0) is 16.8. The van der Waals surface area contributed by atoms with E-state index in [0.717, 1.165) is 17.8 Å². The van der Waals surface area contributed by atoms with Crippen molar-refractivity contribution in [2.24, 2.45) is 5.41 Å². The van der Waals surface area contributed by atoms with E-state index in [4.69, 9.17) is 5.73 Å². The average Bonchev–Trinajstić information content (AvgIpc) is 2.40. The second-order valence-corrected chi connectivity index (χ2v) is 7.12.